The van der Waals surface area contributed by atoms with Gasteiger partial charge in [0.2, 0.25) is 17.7 Å². The van der Waals surface area contributed by atoms with E-state index >= 15 is 0 Å². The monoisotopic (exact) mass is 345 g/mol. The summed E-state index contributed by atoms with van der Waals surface area (Å²) in [6, 6.07) is 2.29. The Kier molecular flexibility index (Phi) is 6.33. The lowest BCUT2D eigenvalue weighted by Crippen LogP contribution is -2.43. The Morgan fingerprint density at radius 3 is 2.38 bits per heavy atom. The Bertz CT molecular complexity index is 645. The third-order valence-corrected chi connectivity index (χ3v) is 3.18. The average Bonchev–Trinajstić information content (AvgIpc) is 2.43. The van der Waals surface area contributed by atoms with Crippen molar-refractivity contribution in [3.63, 3.8) is 0 Å². The lowest BCUT2D eigenvalue weighted by Gasteiger charge is -2.18. The minimum absolute atomic E-state index is 0.0210. The predicted octanol–water partition coefficient (Wildman–Crippen LogP) is 1.72. The molecule has 0 spiro atoms. The van der Waals surface area contributed by atoms with Gasteiger partial charge in [0.05, 0.1) is 5.56 Å². The van der Waals surface area contributed by atoms with Gasteiger partial charge in [-0.25, -0.2) is 0 Å². The normalized spacial score (nSPS) is 12.4. The first-order chi connectivity index (χ1) is 11.0. The van der Waals surface area contributed by atoms with Crippen LogP contribution in [0.1, 0.15) is 30.9 Å². The topological polar surface area (TPSA) is 101 Å². The van der Waals surface area contributed by atoms with Crippen molar-refractivity contribution in [2.45, 2.75) is 38.9 Å². The number of benzene rings is 1. The molecule has 0 heterocycles. The molecule has 6 nitrogen and oxygen atoms in total. The average molecular weight is 345 g/mol. The highest BCUT2D eigenvalue weighted by molar-refractivity contribution is 5.97. The molecule has 132 valence electrons. The van der Waals surface area contributed by atoms with Crippen LogP contribution in [0, 0.1) is 6.92 Å². The Balaban J connectivity index is 2.93. The van der Waals surface area contributed by atoms with Crippen LogP contribution in [-0.4, -0.2) is 23.8 Å². The fourth-order valence-electron chi connectivity index (χ4n) is 2.04. The Hall–Kier alpha value is -2.58. The van der Waals surface area contributed by atoms with Gasteiger partial charge in [0.1, 0.15) is 6.04 Å². The van der Waals surface area contributed by atoms with Gasteiger partial charge >= 0.3 is 6.18 Å². The molecule has 0 aliphatic heterocycles. The Morgan fingerprint density at radius 2 is 1.88 bits per heavy atom. The third-order valence-electron chi connectivity index (χ3n) is 3.18. The second kappa shape index (κ2) is 7.80. The van der Waals surface area contributed by atoms with E-state index in [0.29, 0.717) is 0 Å². The summed E-state index contributed by atoms with van der Waals surface area (Å²) >= 11 is 0. The van der Waals surface area contributed by atoms with Gasteiger partial charge < -0.3 is 16.4 Å². The number of anilines is 1. The van der Waals surface area contributed by atoms with E-state index in [1.54, 1.807) is 0 Å². The van der Waals surface area contributed by atoms with Crippen LogP contribution in [0.2, 0.25) is 0 Å². The van der Waals surface area contributed by atoms with Gasteiger partial charge in [0.15, 0.2) is 0 Å². The molecular weight excluding hydrogens is 327 g/mol. The molecule has 1 rings (SSSR count). The van der Waals surface area contributed by atoms with E-state index in [1.807, 2.05) is 0 Å². The molecule has 0 bridgehead atoms. The first-order valence-electron chi connectivity index (χ1n) is 7.05. The van der Waals surface area contributed by atoms with Crippen molar-refractivity contribution in [1.82, 2.24) is 5.32 Å². The first-order valence-corrected chi connectivity index (χ1v) is 7.05. The molecule has 1 atom stereocenters. The largest absolute Gasteiger partial charge is 0.416 e. The summed E-state index contributed by atoms with van der Waals surface area (Å²) in [4.78, 5) is 34.1. The number of nitrogens with two attached hydrogens (primary N) is 1. The minimum Gasteiger partial charge on any atom is -0.370 e. The maximum absolute atomic E-state index is 12.9. The number of rotatable bonds is 6. The number of carbonyl (C=O) groups is 3. The summed E-state index contributed by atoms with van der Waals surface area (Å²) in [6.45, 7) is 2.49. The quantitative estimate of drug-likeness (QED) is 0.732. The number of alkyl halides is 3. The molecular formula is C15H18F3N3O3. The van der Waals surface area contributed by atoms with Crippen molar-refractivity contribution in [2.75, 3.05) is 5.32 Å². The molecule has 9 heteroatoms. The lowest BCUT2D eigenvalue weighted by atomic mass is 10.1. The molecule has 0 aliphatic rings. The minimum atomic E-state index is -4.55. The van der Waals surface area contributed by atoms with Gasteiger partial charge in [-0.05, 0) is 31.0 Å². The van der Waals surface area contributed by atoms with Gasteiger partial charge in [-0.1, -0.05) is 6.07 Å². The number of primary amides is 1. The Morgan fingerprint density at radius 1 is 1.25 bits per heavy atom. The van der Waals surface area contributed by atoms with Gasteiger partial charge in [0, 0.05) is 19.0 Å². The first kappa shape index (κ1) is 19.5. The van der Waals surface area contributed by atoms with Crippen LogP contribution in [0.4, 0.5) is 18.9 Å². The van der Waals surface area contributed by atoms with Crippen molar-refractivity contribution in [2.24, 2.45) is 5.73 Å². The molecule has 0 radical (unpaired) electrons. The van der Waals surface area contributed by atoms with Gasteiger partial charge in [-0.15, -0.1) is 0 Å². The second-order valence-electron chi connectivity index (χ2n) is 5.27. The lowest BCUT2D eigenvalue weighted by molar-refractivity contribution is -0.138. The van der Waals surface area contributed by atoms with E-state index < -0.39 is 35.5 Å². The summed E-state index contributed by atoms with van der Waals surface area (Å²) in [6.07, 6.45) is -4.76. The summed E-state index contributed by atoms with van der Waals surface area (Å²) in [5.41, 5.74) is 4.09. The molecule has 0 aliphatic carbocycles. The van der Waals surface area contributed by atoms with E-state index in [0.717, 1.165) is 6.07 Å². The zero-order valence-corrected chi connectivity index (χ0v) is 13.2. The fourth-order valence-corrected chi connectivity index (χ4v) is 2.04. The molecule has 0 unspecified atom stereocenters. The van der Waals surface area contributed by atoms with Crippen molar-refractivity contribution in [1.29, 1.82) is 0 Å². The molecule has 0 saturated heterocycles. The molecule has 0 fully saturated rings. The summed E-state index contributed by atoms with van der Waals surface area (Å²) in [7, 11) is 0. The zero-order valence-electron chi connectivity index (χ0n) is 13.2. The number of nitrogens with one attached hydrogen (secondary N) is 2. The van der Waals surface area contributed by atoms with E-state index in [1.165, 1.54) is 26.0 Å². The van der Waals surface area contributed by atoms with E-state index in [-0.39, 0.29) is 24.1 Å². The van der Waals surface area contributed by atoms with Crippen LogP contribution in [0.15, 0.2) is 18.2 Å². The fraction of sp³-hybridized carbons (Fsp3) is 0.400. The molecule has 0 saturated carbocycles. The number of carbonyl (C=O) groups excluding carboxylic acids is 3. The van der Waals surface area contributed by atoms with E-state index in [4.69, 9.17) is 5.73 Å². The number of hydrogen-bond donors (Lipinski definition) is 3. The molecule has 4 N–H and O–H groups in total. The highest BCUT2D eigenvalue weighted by atomic mass is 19.4. The highest BCUT2D eigenvalue weighted by Gasteiger charge is 2.32. The SMILES string of the molecule is CC(=O)N[C@H](CCC(N)=O)C(=O)Nc1ccc(C)c(C(F)(F)F)c1. The summed E-state index contributed by atoms with van der Waals surface area (Å²) < 4.78 is 38.7. The molecule has 1 aromatic carbocycles. The zero-order chi connectivity index (χ0) is 18.5. The molecule has 3 amide bonds. The maximum atomic E-state index is 12.9. The maximum Gasteiger partial charge on any atom is 0.416 e. The smallest absolute Gasteiger partial charge is 0.370 e. The van der Waals surface area contributed by atoms with Crippen molar-refractivity contribution >= 4 is 23.4 Å². The molecule has 0 aromatic heterocycles. The van der Waals surface area contributed by atoms with Crippen LogP contribution in [0.25, 0.3) is 0 Å². The standard InChI is InChI=1S/C15H18F3N3O3/c1-8-3-4-10(7-11(8)15(16,17)18)21-14(24)12(20-9(2)22)5-6-13(19)23/h3-4,7,12H,5-6H2,1-2H3,(H2,19,23)(H,20,22)(H,21,24)/t12-/m1/s1. The van der Waals surface area contributed by atoms with Crippen LogP contribution in [0.5, 0.6) is 0 Å². The van der Waals surface area contributed by atoms with Crippen molar-refractivity contribution in [3.05, 3.63) is 29.3 Å². The van der Waals surface area contributed by atoms with Crippen LogP contribution < -0.4 is 16.4 Å². The van der Waals surface area contributed by atoms with Gasteiger partial charge in [-0.3, -0.25) is 14.4 Å². The third kappa shape index (κ3) is 5.90. The summed E-state index contributed by atoms with van der Waals surface area (Å²) in [5.74, 6) is -1.91. The van der Waals surface area contributed by atoms with E-state index in [2.05, 4.69) is 10.6 Å². The van der Waals surface area contributed by atoms with Gasteiger partial charge in [0.25, 0.3) is 0 Å². The highest BCUT2D eigenvalue weighted by Crippen LogP contribution is 2.33. The van der Waals surface area contributed by atoms with Crippen molar-refractivity contribution < 1.29 is 27.6 Å². The van der Waals surface area contributed by atoms with Crippen LogP contribution in [0.3, 0.4) is 0 Å². The van der Waals surface area contributed by atoms with Crippen LogP contribution >= 0.6 is 0 Å². The van der Waals surface area contributed by atoms with Crippen molar-refractivity contribution in [3.8, 4) is 0 Å². The van der Waals surface area contributed by atoms with Crippen LogP contribution in [-0.2, 0) is 20.6 Å². The number of aryl methyl sites for hydroxylation is 1. The van der Waals surface area contributed by atoms with Gasteiger partial charge in [-0.2, -0.15) is 13.2 Å². The number of hydrogen-bond acceptors (Lipinski definition) is 3. The Labute approximate surface area is 136 Å². The summed E-state index contributed by atoms with van der Waals surface area (Å²) in [5, 5.41) is 4.64. The number of halogens is 3. The predicted molar refractivity (Wildman–Crippen MR) is 80.8 cm³/mol. The number of amides is 3. The molecule has 24 heavy (non-hydrogen) atoms. The van der Waals surface area contributed by atoms with E-state index in [9.17, 15) is 27.6 Å². The second-order valence-corrected chi connectivity index (χ2v) is 5.27. The molecule has 1 aromatic rings.